The largest absolute Gasteiger partial charge is 0.481 e. The molecule has 2 atom stereocenters. The zero-order valence-electron chi connectivity index (χ0n) is 20.0. The van der Waals surface area contributed by atoms with Crippen LogP contribution in [-0.4, -0.2) is 49.6 Å². The summed E-state index contributed by atoms with van der Waals surface area (Å²) in [6, 6.07) is 14.0. The maximum Gasteiger partial charge on any atom is 0.303 e. The molecule has 1 aromatic carbocycles. The minimum Gasteiger partial charge on any atom is -0.481 e. The van der Waals surface area contributed by atoms with Crippen LogP contribution in [0.4, 0.5) is 5.82 Å². The maximum atomic E-state index is 11.8. The molecule has 3 aromatic rings. The minimum atomic E-state index is -0.889. The summed E-state index contributed by atoms with van der Waals surface area (Å²) in [4.78, 5) is 18.1. The molecule has 0 spiro atoms. The van der Waals surface area contributed by atoms with Crippen molar-refractivity contribution in [2.45, 2.75) is 51.0 Å². The molecule has 2 unspecified atom stereocenters. The van der Waals surface area contributed by atoms with Crippen molar-refractivity contribution < 1.29 is 19.4 Å². The standard InChI is InChI=1S/C26H30N6O4/c33-23(34)15-20(14-18-6-2-1-3-7-18)24(22-16-35-17-36-22)26-29-31-32(30-26)13-5-9-21-11-10-19-8-4-12-27-25(19)28-21/h1-3,6-7,10-11,16,20,24H,4-5,8-9,12-15,17H2,(H,27,28)(H,33,34). The number of pyridine rings is 1. The summed E-state index contributed by atoms with van der Waals surface area (Å²) in [6.07, 6.45) is 5.81. The van der Waals surface area contributed by atoms with E-state index in [1.54, 1.807) is 4.80 Å². The lowest BCUT2D eigenvalue weighted by Gasteiger charge is -2.23. The first kappa shape index (κ1) is 23.8. The fourth-order valence-corrected chi connectivity index (χ4v) is 4.82. The lowest BCUT2D eigenvalue weighted by atomic mass is 9.82. The minimum absolute atomic E-state index is 0.0627. The van der Waals surface area contributed by atoms with E-state index in [4.69, 9.17) is 14.5 Å². The van der Waals surface area contributed by atoms with Crippen molar-refractivity contribution >= 4 is 11.8 Å². The highest BCUT2D eigenvalue weighted by Crippen LogP contribution is 2.36. The Balaban J connectivity index is 1.29. The molecular weight excluding hydrogens is 460 g/mol. The Bertz CT molecular complexity index is 1210. The number of hydrogen-bond donors (Lipinski definition) is 2. The van der Waals surface area contributed by atoms with E-state index in [2.05, 4.69) is 32.9 Å². The van der Waals surface area contributed by atoms with Gasteiger partial charge in [-0.2, -0.15) is 4.80 Å². The van der Waals surface area contributed by atoms with E-state index in [9.17, 15) is 9.90 Å². The molecule has 10 nitrogen and oxygen atoms in total. The molecule has 4 heterocycles. The number of ether oxygens (including phenoxy) is 2. The smallest absolute Gasteiger partial charge is 0.303 e. The number of nitrogens with one attached hydrogen (secondary N) is 1. The third kappa shape index (κ3) is 5.81. The SMILES string of the molecule is O=C(O)CC(Cc1ccccc1)C(C1=COCO1)c1nnn(CCCc2ccc3c(n2)NCCC3)n1. The first-order valence-corrected chi connectivity index (χ1v) is 12.4. The molecule has 2 aliphatic heterocycles. The normalized spacial score (nSPS) is 16.2. The number of anilines is 1. The lowest BCUT2D eigenvalue weighted by Crippen LogP contribution is -2.23. The second-order valence-corrected chi connectivity index (χ2v) is 9.16. The first-order chi connectivity index (χ1) is 17.7. The number of carboxylic acid groups (broad SMARTS) is 1. The van der Waals surface area contributed by atoms with Gasteiger partial charge in [0.1, 0.15) is 17.8 Å². The number of hydrogen-bond acceptors (Lipinski definition) is 8. The van der Waals surface area contributed by atoms with Gasteiger partial charge >= 0.3 is 5.97 Å². The van der Waals surface area contributed by atoms with Gasteiger partial charge in [0.05, 0.1) is 12.5 Å². The first-order valence-electron chi connectivity index (χ1n) is 12.4. The molecule has 0 bridgehead atoms. The van der Waals surface area contributed by atoms with Crippen LogP contribution >= 0.6 is 0 Å². The van der Waals surface area contributed by atoms with Crippen LogP contribution in [0.1, 0.15) is 47.8 Å². The summed E-state index contributed by atoms with van der Waals surface area (Å²) < 4.78 is 11.0. The Morgan fingerprint density at radius 1 is 1.19 bits per heavy atom. The molecular formula is C26H30N6O4. The predicted octanol–water partition coefficient (Wildman–Crippen LogP) is 3.32. The molecule has 0 saturated carbocycles. The summed E-state index contributed by atoms with van der Waals surface area (Å²) in [5.41, 5.74) is 3.34. The molecule has 0 radical (unpaired) electrons. The molecule has 2 N–H and O–H groups in total. The van der Waals surface area contributed by atoms with Gasteiger partial charge in [-0.15, -0.1) is 10.2 Å². The number of aryl methyl sites for hydroxylation is 3. The summed E-state index contributed by atoms with van der Waals surface area (Å²) in [5.74, 6) is 0.263. The van der Waals surface area contributed by atoms with Crippen LogP contribution < -0.4 is 5.32 Å². The Morgan fingerprint density at radius 3 is 2.89 bits per heavy atom. The van der Waals surface area contributed by atoms with Crippen molar-refractivity contribution in [3.63, 3.8) is 0 Å². The maximum absolute atomic E-state index is 11.8. The summed E-state index contributed by atoms with van der Waals surface area (Å²) in [7, 11) is 0. The number of rotatable bonds is 11. The zero-order chi connectivity index (χ0) is 24.7. The van der Waals surface area contributed by atoms with Crippen LogP contribution in [-0.2, 0) is 40.1 Å². The highest BCUT2D eigenvalue weighted by atomic mass is 16.7. The van der Waals surface area contributed by atoms with Gasteiger partial charge in [-0.3, -0.25) is 4.79 Å². The van der Waals surface area contributed by atoms with E-state index >= 15 is 0 Å². The molecule has 10 heteroatoms. The second kappa shape index (κ2) is 11.2. The van der Waals surface area contributed by atoms with Gasteiger partial charge in [-0.05, 0) is 60.4 Å². The second-order valence-electron chi connectivity index (χ2n) is 9.16. The lowest BCUT2D eigenvalue weighted by molar-refractivity contribution is -0.138. The van der Waals surface area contributed by atoms with Crippen LogP contribution in [0.3, 0.4) is 0 Å². The average molecular weight is 491 g/mol. The highest BCUT2D eigenvalue weighted by molar-refractivity contribution is 5.67. The summed E-state index contributed by atoms with van der Waals surface area (Å²) in [6.45, 7) is 1.63. The van der Waals surface area contributed by atoms with Crippen LogP contribution in [0, 0.1) is 5.92 Å². The molecule has 36 heavy (non-hydrogen) atoms. The number of allylic oxidation sites excluding steroid dienone is 1. The Morgan fingerprint density at radius 2 is 2.08 bits per heavy atom. The summed E-state index contributed by atoms with van der Waals surface area (Å²) >= 11 is 0. The predicted molar refractivity (Wildman–Crippen MR) is 131 cm³/mol. The van der Waals surface area contributed by atoms with Gasteiger partial charge in [0, 0.05) is 18.7 Å². The third-order valence-electron chi connectivity index (χ3n) is 6.54. The fraction of sp³-hybridized carbons (Fsp3) is 0.423. The van der Waals surface area contributed by atoms with Gasteiger partial charge < -0.3 is 19.9 Å². The Hall–Kier alpha value is -3.95. The number of benzene rings is 1. The third-order valence-corrected chi connectivity index (χ3v) is 6.54. The van der Waals surface area contributed by atoms with E-state index in [-0.39, 0.29) is 19.1 Å². The van der Waals surface area contributed by atoms with Crippen molar-refractivity contribution in [2.24, 2.45) is 5.92 Å². The van der Waals surface area contributed by atoms with E-state index in [1.807, 2.05) is 30.3 Å². The van der Waals surface area contributed by atoms with Gasteiger partial charge in [0.15, 0.2) is 5.82 Å². The van der Waals surface area contributed by atoms with Crippen molar-refractivity contribution in [1.82, 2.24) is 25.2 Å². The quantitative estimate of drug-likeness (QED) is 0.416. The molecule has 2 aromatic heterocycles. The molecule has 0 amide bonds. The van der Waals surface area contributed by atoms with E-state index in [1.165, 1.54) is 11.8 Å². The molecule has 0 saturated heterocycles. The summed E-state index contributed by atoms with van der Waals surface area (Å²) in [5, 5.41) is 26.2. The number of fused-ring (bicyclic) bond motifs is 1. The number of carboxylic acids is 1. The molecule has 0 fully saturated rings. The van der Waals surface area contributed by atoms with Crippen LogP contribution in [0.5, 0.6) is 0 Å². The van der Waals surface area contributed by atoms with Crippen molar-refractivity contribution in [1.29, 1.82) is 0 Å². The number of tetrazole rings is 1. The van der Waals surface area contributed by atoms with Crippen molar-refractivity contribution in [2.75, 3.05) is 18.7 Å². The Kier molecular flexibility index (Phi) is 7.39. The van der Waals surface area contributed by atoms with Gasteiger partial charge in [-0.25, -0.2) is 4.98 Å². The van der Waals surface area contributed by atoms with Crippen molar-refractivity contribution in [3.05, 3.63) is 77.1 Å². The van der Waals surface area contributed by atoms with Gasteiger partial charge in [0.2, 0.25) is 6.79 Å². The van der Waals surface area contributed by atoms with Gasteiger partial charge in [0.25, 0.3) is 0 Å². The highest BCUT2D eigenvalue weighted by Gasteiger charge is 2.35. The number of aliphatic carboxylic acids is 1. The number of carbonyl (C=O) groups is 1. The van der Waals surface area contributed by atoms with Crippen molar-refractivity contribution in [3.8, 4) is 0 Å². The molecule has 188 valence electrons. The van der Waals surface area contributed by atoms with E-state index in [0.717, 1.165) is 49.3 Å². The van der Waals surface area contributed by atoms with E-state index in [0.29, 0.717) is 24.5 Å². The van der Waals surface area contributed by atoms with Gasteiger partial charge in [-0.1, -0.05) is 36.4 Å². The Labute approximate surface area is 209 Å². The molecule has 2 aliphatic rings. The zero-order valence-corrected chi connectivity index (χ0v) is 20.0. The average Bonchev–Trinajstić information content (AvgIpc) is 3.58. The monoisotopic (exact) mass is 490 g/mol. The number of aromatic nitrogens is 5. The fourth-order valence-electron chi connectivity index (χ4n) is 4.82. The topological polar surface area (TPSA) is 124 Å². The number of nitrogens with zero attached hydrogens (tertiary/aromatic N) is 5. The van der Waals surface area contributed by atoms with Crippen LogP contribution in [0.15, 0.2) is 54.5 Å². The van der Waals surface area contributed by atoms with E-state index < -0.39 is 11.9 Å². The van der Waals surface area contributed by atoms with Crippen LogP contribution in [0.25, 0.3) is 0 Å². The molecule has 5 rings (SSSR count). The van der Waals surface area contributed by atoms with Crippen LogP contribution in [0.2, 0.25) is 0 Å². The molecule has 0 aliphatic carbocycles.